The van der Waals surface area contributed by atoms with Gasteiger partial charge in [0.15, 0.2) is 0 Å². The zero-order valence-electron chi connectivity index (χ0n) is 10.6. The van der Waals surface area contributed by atoms with Gasteiger partial charge in [0.05, 0.1) is 5.56 Å². The van der Waals surface area contributed by atoms with E-state index in [1.54, 1.807) is 0 Å². The number of likely N-dealkylation sites (tertiary alicyclic amines) is 1. The second-order valence-corrected chi connectivity index (χ2v) is 4.85. The van der Waals surface area contributed by atoms with Gasteiger partial charge in [-0.1, -0.05) is 12.1 Å². The highest BCUT2D eigenvalue weighted by Gasteiger charge is 2.32. The quantitative estimate of drug-likeness (QED) is 0.832. The zero-order valence-corrected chi connectivity index (χ0v) is 10.6. The monoisotopic (exact) mass is 288 g/mol. The van der Waals surface area contributed by atoms with Crippen LogP contribution in [0.4, 0.5) is 18.0 Å². The fourth-order valence-electron chi connectivity index (χ4n) is 2.45. The summed E-state index contributed by atoms with van der Waals surface area (Å²) in [5, 5.41) is 9.80. The van der Waals surface area contributed by atoms with E-state index in [9.17, 15) is 23.1 Å². The van der Waals surface area contributed by atoms with E-state index >= 15 is 0 Å². The summed E-state index contributed by atoms with van der Waals surface area (Å²) in [5.41, 5.74) is 5.14. The van der Waals surface area contributed by atoms with Gasteiger partial charge in [-0.25, -0.2) is 4.79 Å². The summed E-state index contributed by atoms with van der Waals surface area (Å²) in [6, 6.07) is 4.20. The average Bonchev–Trinajstić information content (AvgIpc) is 2.37. The Balaban J connectivity index is 2.08. The summed E-state index contributed by atoms with van der Waals surface area (Å²) in [4.78, 5) is 12.2. The maximum absolute atomic E-state index is 12.5. The number of rotatable bonds is 1. The van der Waals surface area contributed by atoms with E-state index in [2.05, 4.69) is 0 Å². The van der Waals surface area contributed by atoms with Gasteiger partial charge in [-0.3, -0.25) is 4.90 Å². The molecule has 0 bridgehead atoms. The molecule has 1 aromatic rings. The number of primary amides is 1. The predicted octanol–water partition coefficient (Wildman–Crippen LogP) is 2.28. The second kappa shape index (κ2) is 5.32. The molecule has 0 aromatic heterocycles. The number of benzene rings is 1. The van der Waals surface area contributed by atoms with Crippen LogP contribution in [0.25, 0.3) is 0 Å². The van der Waals surface area contributed by atoms with Gasteiger partial charge >= 0.3 is 12.2 Å². The van der Waals surface area contributed by atoms with Crippen LogP contribution in [0, 0.1) is 0 Å². The van der Waals surface area contributed by atoms with E-state index in [-0.39, 0.29) is 12.3 Å². The molecule has 3 N–H and O–H groups in total. The summed E-state index contributed by atoms with van der Waals surface area (Å²) in [5.74, 6) is -0.0807. The zero-order chi connectivity index (χ0) is 14.9. The van der Waals surface area contributed by atoms with Crippen LogP contribution in [0.15, 0.2) is 24.3 Å². The number of halogens is 3. The molecular formula is C13H15F3N2O2. The lowest BCUT2D eigenvalue weighted by Crippen LogP contribution is -2.48. The minimum atomic E-state index is -4.35. The van der Waals surface area contributed by atoms with Crippen LogP contribution in [0.5, 0.6) is 0 Å². The molecule has 0 radical (unpaired) electrons. The Morgan fingerprint density at radius 1 is 1.30 bits per heavy atom. The minimum Gasteiger partial charge on any atom is -0.373 e. The van der Waals surface area contributed by atoms with Gasteiger partial charge in [0, 0.05) is 6.54 Å². The molecule has 1 aliphatic heterocycles. The molecule has 1 saturated heterocycles. The smallest absolute Gasteiger partial charge is 0.373 e. The number of urea groups is 1. The number of alkyl halides is 3. The van der Waals surface area contributed by atoms with Crippen molar-refractivity contribution in [1.29, 1.82) is 0 Å². The molecule has 2 atom stereocenters. The number of nitrogens with two attached hydrogens (primary N) is 1. The molecule has 7 heteroatoms. The van der Waals surface area contributed by atoms with Gasteiger partial charge < -0.3 is 10.8 Å². The van der Waals surface area contributed by atoms with Gasteiger partial charge in [-0.15, -0.1) is 0 Å². The molecule has 2 rings (SSSR count). The standard InChI is InChI=1S/C13H15F3N2O2/c14-13(15,16)10-3-1-8(2-4-10)9-5-6-18(12(17)20)11(19)7-9/h1-4,9,11,19H,5-7H2,(H2,17,20). The first-order chi connectivity index (χ1) is 9.29. The van der Waals surface area contributed by atoms with E-state index in [1.807, 2.05) is 0 Å². The number of aliphatic hydroxyl groups excluding tert-OH is 1. The number of hydrogen-bond donors (Lipinski definition) is 2. The van der Waals surface area contributed by atoms with E-state index < -0.39 is 24.0 Å². The molecule has 0 saturated carbocycles. The van der Waals surface area contributed by atoms with Crippen LogP contribution < -0.4 is 5.73 Å². The molecule has 2 amide bonds. The summed E-state index contributed by atoms with van der Waals surface area (Å²) in [6.45, 7) is 0.294. The molecule has 4 nitrogen and oxygen atoms in total. The van der Waals surface area contributed by atoms with Crippen molar-refractivity contribution in [2.75, 3.05) is 6.54 Å². The summed E-state index contributed by atoms with van der Waals surface area (Å²) in [6.07, 6.45) is -4.51. The summed E-state index contributed by atoms with van der Waals surface area (Å²) in [7, 11) is 0. The van der Waals surface area contributed by atoms with Crippen molar-refractivity contribution in [2.45, 2.75) is 31.2 Å². The lowest BCUT2D eigenvalue weighted by Gasteiger charge is -2.35. The highest BCUT2D eigenvalue weighted by atomic mass is 19.4. The first-order valence-corrected chi connectivity index (χ1v) is 6.20. The van der Waals surface area contributed by atoms with Gasteiger partial charge in [-0.2, -0.15) is 13.2 Å². The third-order valence-corrected chi connectivity index (χ3v) is 3.57. The normalized spacial score (nSPS) is 23.7. The molecule has 2 unspecified atom stereocenters. The fraction of sp³-hybridized carbons (Fsp3) is 0.462. The third kappa shape index (κ3) is 3.04. The van der Waals surface area contributed by atoms with E-state index in [0.717, 1.165) is 22.6 Å². The van der Waals surface area contributed by atoms with Crippen LogP contribution >= 0.6 is 0 Å². The van der Waals surface area contributed by atoms with Gasteiger partial charge in [0.25, 0.3) is 0 Å². The largest absolute Gasteiger partial charge is 0.416 e. The molecular weight excluding hydrogens is 273 g/mol. The maximum Gasteiger partial charge on any atom is 0.416 e. The number of hydrogen-bond acceptors (Lipinski definition) is 2. The number of nitrogens with zero attached hydrogens (tertiary/aromatic N) is 1. The predicted molar refractivity (Wildman–Crippen MR) is 65.7 cm³/mol. The van der Waals surface area contributed by atoms with Gasteiger partial charge in [0.2, 0.25) is 0 Å². The number of piperidine rings is 1. The Hall–Kier alpha value is -1.76. The molecule has 0 spiro atoms. The van der Waals surface area contributed by atoms with Crippen molar-refractivity contribution in [3.8, 4) is 0 Å². The SMILES string of the molecule is NC(=O)N1CCC(c2ccc(C(F)(F)F)cc2)CC1O. The van der Waals surface area contributed by atoms with Crippen molar-refractivity contribution in [3.63, 3.8) is 0 Å². The van der Waals surface area contributed by atoms with Crippen molar-refractivity contribution in [3.05, 3.63) is 35.4 Å². The summed E-state index contributed by atoms with van der Waals surface area (Å²) >= 11 is 0. The number of amides is 2. The Morgan fingerprint density at radius 3 is 2.35 bits per heavy atom. The highest BCUT2D eigenvalue weighted by Crippen LogP contribution is 2.34. The first-order valence-electron chi connectivity index (χ1n) is 6.20. The molecule has 110 valence electrons. The van der Waals surface area contributed by atoms with Crippen molar-refractivity contribution in [1.82, 2.24) is 4.90 Å². The highest BCUT2D eigenvalue weighted by molar-refractivity contribution is 5.72. The summed E-state index contributed by atoms with van der Waals surface area (Å²) < 4.78 is 37.4. The lowest BCUT2D eigenvalue weighted by molar-refractivity contribution is -0.137. The minimum absolute atomic E-state index is 0.0807. The van der Waals surface area contributed by atoms with Crippen molar-refractivity contribution >= 4 is 6.03 Å². The van der Waals surface area contributed by atoms with Crippen molar-refractivity contribution < 1.29 is 23.1 Å². The van der Waals surface area contributed by atoms with E-state index in [0.29, 0.717) is 13.0 Å². The van der Waals surface area contributed by atoms with E-state index in [4.69, 9.17) is 5.73 Å². The third-order valence-electron chi connectivity index (χ3n) is 3.57. The van der Waals surface area contributed by atoms with Crippen LogP contribution in [-0.2, 0) is 6.18 Å². The number of carbonyl (C=O) groups excluding carboxylic acids is 1. The van der Waals surface area contributed by atoms with Crippen LogP contribution in [0.2, 0.25) is 0 Å². The Labute approximate surface area is 114 Å². The maximum atomic E-state index is 12.5. The lowest BCUT2D eigenvalue weighted by atomic mass is 9.88. The van der Waals surface area contributed by atoms with Gasteiger partial charge in [0.1, 0.15) is 6.23 Å². The Bertz CT molecular complexity index is 487. The molecule has 1 heterocycles. The number of aliphatic hydroxyl groups is 1. The average molecular weight is 288 g/mol. The molecule has 0 aliphatic carbocycles. The number of carbonyl (C=O) groups is 1. The Morgan fingerprint density at radius 2 is 1.90 bits per heavy atom. The first kappa shape index (κ1) is 14.6. The molecule has 20 heavy (non-hydrogen) atoms. The van der Waals surface area contributed by atoms with Crippen molar-refractivity contribution in [2.24, 2.45) is 5.73 Å². The Kier molecular flexibility index (Phi) is 3.89. The van der Waals surface area contributed by atoms with Gasteiger partial charge in [-0.05, 0) is 36.5 Å². The molecule has 1 fully saturated rings. The second-order valence-electron chi connectivity index (χ2n) is 4.85. The van der Waals surface area contributed by atoms with Crippen LogP contribution in [0.3, 0.4) is 0 Å². The van der Waals surface area contributed by atoms with Crippen LogP contribution in [-0.4, -0.2) is 28.8 Å². The molecule has 1 aromatic carbocycles. The topological polar surface area (TPSA) is 66.6 Å². The fourth-order valence-corrected chi connectivity index (χ4v) is 2.45. The van der Waals surface area contributed by atoms with Crippen LogP contribution in [0.1, 0.15) is 29.9 Å². The van der Waals surface area contributed by atoms with E-state index in [1.165, 1.54) is 12.1 Å². The molecule has 1 aliphatic rings.